The summed E-state index contributed by atoms with van der Waals surface area (Å²) in [6.07, 6.45) is 1.22. The zero-order chi connectivity index (χ0) is 23.6. The first kappa shape index (κ1) is 22.4. The van der Waals surface area contributed by atoms with Gasteiger partial charge in [-0.25, -0.2) is 13.4 Å². The lowest BCUT2D eigenvalue weighted by Gasteiger charge is -2.14. The first-order valence-electron chi connectivity index (χ1n) is 10.4. The number of carbonyl (C=O) groups excluding carboxylic acids is 1. The summed E-state index contributed by atoms with van der Waals surface area (Å²) in [4.78, 5) is 29.9. The molecule has 2 heterocycles. The maximum atomic E-state index is 13.3. The molecule has 0 radical (unpaired) electrons. The molecule has 4 rings (SSSR count). The maximum Gasteiger partial charge on any atom is 0.240 e. The fourth-order valence-electron chi connectivity index (χ4n) is 3.50. The van der Waals surface area contributed by atoms with E-state index in [-0.39, 0.29) is 33.3 Å². The molecule has 0 spiro atoms. The number of rotatable bonds is 6. The molecule has 168 valence electrons. The molecule has 1 amide bonds. The normalized spacial score (nSPS) is 11.5. The number of amides is 1. The van der Waals surface area contributed by atoms with Crippen LogP contribution < -0.4 is 10.7 Å². The standard InChI is InChI=1S/C25H23N3O4S/c1-17-8-11-20(12-9-17)33(31,32)22-15-28(25-21(24(22)30)13-10-18(2)27-25)16-23(29)26-14-19-6-4-3-5-7-19/h3-13,15H,14,16H2,1-2H3,(H,26,29). The zero-order valence-electron chi connectivity index (χ0n) is 18.3. The third-order valence-corrected chi connectivity index (χ3v) is 7.06. The smallest absolute Gasteiger partial charge is 0.240 e. The lowest BCUT2D eigenvalue weighted by Crippen LogP contribution is -2.29. The fraction of sp³-hybridized carbons (Fsp3) is 0.160. The number of hydrogen-bond donors (Lipinski definition) is 1. The molecule has 0 aliphatic rings. The number of pyridine rings is 2. The number of carbonyl (C=O) groups is 1. The number of benzene rings is 2. The van der Waals surface area contributed by atoms with Gasteiger partial charge in [-0.05, 0) is 43.7 Å². The Balaban J connectivity index is 1.76. The van der Waals surface area contributed by atoms with Crippen molar-refractivity contribution in [2.45, 2.75) is 36.7 Å². The van der Waals surface area contributed by atoms with Gasteiger partial charge in [0.15, 0.2) is 0 Å². The van der Waals surface area contributed by atoms with Gasteiger partial charge in [0.2, 0.25) is 21.2 Å². The Morgan fingerprint density at radius 3 is 2.36 bits per heavy atom. The minimum absolute atomic E-state index is 0.0182. The van der Waals surface area contributed by atoms with Gasteiger partial charge in [-0.1, -0.05) is 48.0 Å². The number of fused-ring (bicyclic) bond motifs is 1. The summed E-state index contributed by atoms with van der Waals surface area (Å²) in [7, 11) is -4.09. The summed E-state index contributed by atoms with van der Waals surface area (Å²) in [6.45, 7) is 3.76. The van der Waals surface area contributed by atoms with E-state index in [9.17, 15) is 18.0 Å². The Kier molecular flexibility index (Phi) is 6.11. The van der Waals surface area contributed by atoms with Crippen molar-refractivity contribution in [1.29, 1.82) is 0 Å². The van der Waals surface area contributed by atoms with Crippen LogP contribution in [0, 0.1) is 13.8 Å². The number of sulfone groups is 1. The molecule has 2 aromatic carbocycles. The number of aryl methyl sites for hydroxylation is 2. The van der Waals surface area contributed by atoms with Crippen molar-refractivity contribution in [1.82, 2.24) is 14.9 Å². The van der Waals surface area contributed by atoms with Crippen molar-refractivity contribution in [3.8, 4) is 0 Å². The van der Waals surface area contributed by atoms with Gasteiger partial charge >= 0.3 is 0 Å². The van der Waals surface area contributed by atoms with Gasteiger partial charge in [0.25, 0.3) is 0 Å². The maximum absolute atomic E-state index is 13.3. The molecule has 0 aliphatic heterocycles. The lowest BCUT2D eigenvalue weighted by atomic mass is 10.2. The van der Waals surface area contributed by atoms with Crippen molar-refractivity contribution in [3.63, 3.8) is 0 Å². The van der Waals surface area contributed by atoms with Crippen LogP contribution in [0.25, 0.3) is 11.0 Å². The predicted octanol–water partition coefficient (Wildman–Crippen LogP) is 3.16. The monoisotopic (exact) mass is 461 g/mol. The van der Waals surface area contributed by atoms with E-state index in [1.54, 1.807) is 31.2 Å². The molecule has 0 unspecified atom stereocenters. The van der Waals surface area contributed by atoms with Gasteiger partial charge in [0, 0.05) is 18.4 Å². The molecule has 0 atom stereocenters. The molecule has 7 nitrogen and oxygen atoms in total. The second-order valence-corrected chi connectivity index (χ2v) is 9.77. The van der Waals surface area contributed by atoms with Crippen LogP contribution in [0.2, 0.25) is 0 Å². The molecule has 0 bridgehead atoms. The van der Waals surface area contributed by atoms with Crippen LogP contribution in [-0.2, 0) is 27.7 Å². The van der Waals surface area contributed by atoms with E-state index < -0.39 is 15.3 Å². The summed E-state index contributed by atoms with van der Waals surface area (Å²) in [5, 5.41) is 2.97. The summed E-state index contributed by atoms with van der Waals surface area (Å²) < 4.78 is 28.0. The van der Waals surface area contributed by atoms with Crippen LogP contribution in [0.1, 0.15) is 16.8 Å². The second-order valence-electron chi connectivity index (χ2n) is 7.85. The average Bonchev–Trinajstić information content (AvgIpc) is 2.80. The minimum atomic E-state index is -4.09. The Hall–Kier alpha value is -3.78. The highest BCUT2D eigenvalue weighted by molar-refractivity contribution is 7.91. The Morgan fingerprint density at radius 2 is 1.67 bits per heavy atom. The van der Waals surface area contributed by atoms with Crippen molar-refractivity contribution >= 4 is 26.8 Å². The third kappa shape index (κ3) is 4.70. The quantitative estimate of drug-likeness (QED) is 0.476. The minimum Gasteiger partial charge on any atom is -0.350 e. The summed E-state index contributed by atoms with van der Waals surface area (Å²) in [6, 6.07) is 18.9. The number of nitrogens with zero attached hydrogens (tertiary/aromatic N) is 2. The number of hydrogen-bond acceptors (Lipinski definition) is 5. The largest absolute Gasteiger partial charge is 0.350 e. The van der Waals surface area contributed by atoms with Gasteiger partial charge in [0.05, 0.1) is 10.3 Å². The topological polar surface area (TPSA) is 98.1 Å². The van der Waals surface area contributed by atoms with Crippen LogP contribution in [-0.4, -0.2) is 23.9 Å². The molecule has 8 heteroatoms. The summed E-state index contributed by atoms with van der Waals surface area (Å²) in [5.74, 6) is -0.328. The molecule has 2 aromatic heterocycles. The first-order chi connectivity index (χ1) is 15.8. The number of nitrogens with one attached hydrogen (secondary N) is 1. The fourth-order valence-corrected chi connectivity index (χ4v) is 4.87. The van der Waals surface area contributed by atoms with Gasteiger partial charge in [-0.2, -0.15) is 0 Å². The molecule has 33 heavy (non-hydrogen) atoms. The van der Waals surface area contributed by atoms with Crippen LogP contribution in [0.4, 0.5) is 0 Å². The SMILES string of the molecule is Cc1ccc(S(=O)(=O)c2cn(CC(=O)NCc3ccccc3)c3nc(C)ccc3c2=O)cc1. The lowest BCUT2D eigenvalue weighted by molar-refractivity contribution is -0.121. The predicted molar refractivity (Wildman–Crippen MR) is 126 cm³/mol. The molecule has 0 saturated heterocycles. The van der Waals surface area contributed by atoms with E-state index in [0.29, 0.717) is 12.2 Å². The van der Waals surface area contributed by atoms with Gasteiger partial charge < -0.3 is 9.88 Å². The highest BCUT2D eigenvalue weighted by atomic mass is 32.2. The molecular formula is C25H23N3O4S. The molecule has 0 aliphatic carbocycles. The molecule has 0 saturated carbocycles. The van der Waals surface area contributed by atoms with E-state index in [0.717, 1.165) is 11.1 Å². The highest BCUT2D eigenvalue weighted by Gasteiger charge is 2.24. The van der Waals surface area contributed by atoms with Crippen molar-refractivity contribution in [2.24, 2.45) is 0 Å². The van der Waals surface area contributed by atoms with Gasteiger partial charge in [-0.15, -0.1) is 0 Å². The van der Waals surface area contributed by atoms with Crippen LogP contribution in [0.15, 0.2) is 87.5 Å². The molecule has 0 fully saturated rings. The van der Waals surface area contributed by atoms with Crippen molar-refractivity contribution < 1.29 is 13.2 Å². The van der Waals surface area contributed by atoms with E-state index in [2.05, 4.69) is 10.3 Å². The van der Waals surface area contributed by atoms with E-state index in [4.69, 9.17) is 0 Å². The summed E-state index contributed by atoms with van der Waals surface area (Å²) in [5.41, 5.74) is 2.11. The van der Waals surface area contributed by atoms with E-state index >= 15 is 0 Å². The van der Waals surface area contributed by atoms with Crippen LogP contribution in [0.3, 0.4) is 0 Å². The molecular weight excluding hydrogens is 438 g/mol. The van der Waals surface area contributed by atoms with Gasteiger partial charge in [0.1, 0.15) is 17.1 Å². The van der Waals surface area contributed by atoms with E-state index in [1.165, 1.54) is 22.9 Å². The second kappa shape index (κ2) is 8.99. The first-order valence-corrected chi connectivity index (χ1v) is 11.9. The van der Waals surface area contributed by atoms with Gasteiger partial charge in [-0.3, -0.25) is 9.59 Å². The Labute approximate surface area is 191 Å². The van der Waals surface area contributed by atoms with Crippen LogP contribution in [0.5, 0.6) is 0 Å². The molecule has 4 aromatic rings. The summed E-state index contributed by atoms with van der Waals surface area (Å²) >= 11 is 0. The van der Waals surface area contributed by atoms with Crippen molar-refractivity contribution in [2.75, 3.05) is 0 Å². The van der Waals surface area contributed by atoms with Crippen molar-refractivity contribution in [3.05, 3.63) is 100.0 Å². The molecule has 1 N–H and O–H groups in total. The highest BCUT2D eigenvalue weighted by Crippen LogP contribution is 2.21. The average molecular weight is 462 g/mol. The number of aromatic nitrogens is 2. The Bertz CT molecular complexity index is 1490. The third-order valence-electron chi connectivity index (χ3n) is 5.30. The van der Waals surface area contributed by atoms with Crippen LogP contribution >= 0.6 is 0 Å². The van der Waals surface area contributed by atoms with E-state index in [1.807, 2.05) is 37.3 Å². The Morgan fingerprint density at radius 1 is 0.970 bits per heavy atom. The zero-order valence-corrected chi connectivity index (χ0v) is 19.1.